The number of aliphatic imine (C=N–C) groups is 1. The van der Waals surface area contributed by atoms with E-state index in [1.807, 2.05) is 6.07 Å². The van der Waals surface area contributed by atoms with E-state index >= 15 is 0 Å². The van der Waals surface area contributed by atoms with E-state index in [1.54, 1.807) is 63.4 Å². The van der Waals surface area contributed by atoms with Crippen LogP contribution < -0.4 is 0 Å². The quantitative estimate of drug-likeness (QED) is 0.342. The number of methoxy groups -OCH3 is 1. The third-order valence-corrected chi connectivity index (χ3v) is 5.75. The summed E-state index contributed by atoms with van der Waals surface area (Å²) in [5, 5.41) is 20.8. The lowest BCUT2D eigenvalue weighted by atomic mass is 9.99. The van der Waals surface area contributed by atoms with E-state index in [1.165, 1.54) is 6.07 Å². The number of carbonyl (C=O) groups is 2. The molecule has 38 heavy (non-hydrogen) atoms. The van der Waals surface area contributed by atoms with Gasteiger partial charge in [0.05, 0.1) is 60.6 Å². The van der Waals surface area contributed by atoms with Crippen LogP contribution in [-0.2, 0) is 14.2 Å². The molecule has 4 rings (SSSR count). The Morgan fingerprint density at radius 1 is 1.16 bits per heavy atom. The Morgan fingerprint density at radius 3 is 2.61 bits per heavy atom. The molecule has 0 saturated carbocycles. The van der Waals surface area contributed by atoms with E-state index in [-0.39, 0.29) is 29.1 Å². The minimum Gasteiger partial charge on any atom is -0.494 e. The number of aromatic hydroxyl groups is 1. The minimum absolute atomic E-state index is 0.00749. The van der Waals surface area contributed by atoms with Gasteiger partial charge in [-0.2, -0.15) is 5.26 Å². The number of fused-ring (bicyclic) bond motifs is 1. The molecule has 10 heteroatoms. The van der Waals surface area contributed by atoms with E-state index in [9.17, 15) is 20.0 Å². The number of rotatable bonds is 8. The van der Waals surface area contributed by atoms with Crippen LogP contribution in [0.4, 0.5) is 10.5 Å². The molecule has 0 unspecified atom stereocenters. The van der Waals surface area contributed by atoms with Gasteiger partial charge in [-0.05, 0) is 37.6 Å². The van der Waals surface area contributed by atoms with Crippen molar-refractivity contribution in [3.63, 3.8) is 0 Å². The van der Waals surface area contributed by atoms with E-state index in [0.717, 1.165) is 4.57 Å². The molecule has 0 saturated heterocycles. The molecule has 3 aromatic rings. The molecule has 1 N–H and O–H groups in total. The molecule has 0 bridgehead atoms. The van der Waals surface area contributed by atoms with Gasteiger partial charge in [0, 0.05) is 12.7 Å². The number of aromatic nitrogens is 1. The summed E-state index contributed by atoms with van der Waals surface area (Å²) in [5.41, 5.74) is 0.485. The monoisotopic (exact) mass is 512 g/mol. The molecule has 0 fully saturated rings. The van der Waals surface area contributed by atoms with E-state index in [4.69, 9.17) is 20.8 Å². The van der Waals surface area contributed by atoms with Gasteiger partial charge in [-0.25, -0.2) is 19.2 Å². The van der Waals surface area contributed by atoms with Crippen molar-refractivity contribution in [3.8, 4) is 23.2 Å². The second kappa shape index (κ2) is 10.7. The number of carbonyl (C=O) groups excluding carboxylic acids is 2. The maximum absolute atomic E-state index is 13.5. The van der Waals surface area contributed by atoms with Crippen LogP contribution >= 0.6 is 0 Å². The highest BCUT2D eigenvalue weighted by Crippen LogP contribution is 2.42. The molecule has 0 atom stereocenters. The molecule has 2 aromatic carbocycles. The fraction of sp³-hybridized carbons (Fsp3) is 0.250. The van der Waals surface area contributed by atoms with Crippen molar-refractivity contribution in [1.29, 1.82) is 5.26 Å². The standard InChI is InChI=1S/C28H24N4O6/c1-28(2,16-37-12-11-36-4)38-27(35)32-24(19-9-5-7-17(13-19)15-29)22-21(26(32)34)23(31-25(22)33)18-8-6-10-20(14-18)30-3/h5-10,13-14,34H,11-12,16H2,1-2,4H3. The second-order valence-corrected chi connectivity index (χ2v) is 9.05. The van der Waals surface area contributed by atoms with Crippen molar-refractivity contribution < 1.29 is 28.9 Å². The molecular weight excluding hydrogens is 488 g/mol. The minimum atomic E-state index is -1.09. The maximum Gasteiger partial charge on any atom is 0.422 e. The average molecular weight is 513 g/mol. The van der Waals surface area contributed by atoms with Crippen LogP contribution in [-0.4, -0.2) is 59.9 Å². The van der Waals surface area contributed by atoms with Gasteiger partial charge in [0.2, 0.25) is 5.88 Å². The fourth-order valence-electron chi connectivity index (χ4n) is 4.10. The average Bonchev–Trinajstić information content (AvgIpc) is 3.41. The zero-order valence-electron chi connectivity index (χ0n) is 21.0. The van der Waals surface area contributed by atoms with Crippen LogP contribution in [0.25, 0.3) is 16.1 Å². The SMILES string of the molecule is [C-]#[N+]c1cccc(C2=NC(=O)c3c2c(O)n(C(=O)OC(C)(C)COCCOC)c3-c2cccc(C#N)c2)c1. The number of nitriles is 1. The predicted octanol–water partition coefficient (Wildman–Crippen LogP) is 4.70. The summed E-state index contributed by atoms with van der Waals surface area (Å²) in [4.78, 5) is 34.3. The molecule has 2 heterocycles. The Labute approximate surface area is 219 Å². The summed E-state index contributed by atoms with van der Waals surface area (Å²) in [7, 11) is 1.54. The summed E-state index contributed by atoms with van der Waals surface area (Å²) in [5.74, 6) is -1.22. The third-order valence-electron chi connectivity index (χ3n) is 5.75. The van der Waals surface area contributed by atoms with E-state index in [0.29, 0.717) is 35.6 Å². The van der Waals surface area contributed by atoms with Crippen LogP contribution in [0.2, 0.25) is 0 Å². The number of hydrogen-bond acceptors (Lipinski definition) is 7. The van der Waals surface area contributed by atoms with Gasteiger partial charge in [0.15, 0.2) is 5.69 Å². The number of nitrogens with zero attached hydrogens (tertiary/aromatic N) is 4. The lowest BCUT2D eigenvalue weighted by molar-refractivity contribution is -0.0422. The maximum atomic E-state index is 13.5. The first-order chi connectivity index (χ1) is 18.2. The van der Waals surface area contributed by atoms with Gasteiger partial charge in [-0.15, -0.1) is 0 Å². The Kier molecular flexibility index (Phi) is 7.40. The third kappa shape index (κ3) is 5.04. The number of amides is 1. The van der Waals surface area contributed by atoms with E-state index in [2.05, 4.69) is 9.84 Å². The van der Waals surface area contributed by atoms with Gasteiger partial charge in [0.1, 0.15) is 5.60 Å². The molecule has 1 amide bonds. The van der Waals surface area contributed by atoms with Gasteiger partial charge in [-0.1, -0.05) is 30.3 Å². The first kappa shape index (κ1) is 26.3. The zero-order valence-corrected chi connectivity index (χ0v) is 21.0. The van der Waals surface area contributed by atoms with Gasteiger partial charge in [0.25, 0.3) is 5.91 Å². The highest BCUT2D eigenvalue weighted by Gasteiger charge is 2.39. The molecule has 1 aromatic heterocycles. The first-order valence-corrected chi connectivity index (χ1v) is 11.6. The Morgan fingerprint density at radius 2 is 1.89 bits per heavy atom. The lowest BCUT2D eigenvalue weighted by Crippen LogP contribution is -2.35. The highest BCUT2D eigenvalue weighted by molar-refractivity contribution is 6.31. The molecule has 192 valence electrons. The summed E-state index contributed by atoms with van der Waals surface area (Å²) in [6.45, 7) is 11.3. The van der Waals surface area contributed by atoms with E-state index < -0.39 is 23.5 Å². The molecule has 1 aliphatic rings. The first-order valence-electron chi connectivity index (χ1n) is 11.6. The Bertz CT molecular complexity index is 1540. The zero-order chi connectivity index (χ0) is 27.4. The Balaban J connectivity index is 1.85. The smallest absolute Gasteiger partial charge is 0.422 e. The van der Waals surface area contributed by atoms with Crippen molar-refractivity contribution in [3.05, 3.63) is 82.2 Å². The van der Waals surface area contributed by atoms with Crippen molar-refractivity contribution in [2.75, 3.05) is 26.9 Å². The lowest BCUT2D eigenvalue weighted by Gasteiger charge is -2.25. The second-order valence-electron chi connectivity index (χ2n) is 9.05. The molecule has 10 nitrogen and oxygen atoms in total. The van der Waals surface area contributed by atoms with Crippen molar-refractivity contribution in [2.24, 2.45) is 4.99 Å². The molecular formula is C28H24N4O6. The number of hydrogen-bond donors (Lipinski definition) is 1. The fourth-order valence-corrected chi connectivity index (χ4v) is 4.10. The van der Waals surface area contributed by atoms with Crippen LogP contribution in [0.3, 0.4) is 0 Å². The largest absolute Gasteiger partial charge is 0.494 e. The van der Waals surface area contributed by atoms with Crippen LogP contribution in [0.5, 0.6) is 5.88 Å². The van der Waals surface area contributed by atoms with Crippen LogP contribution in [0.15, 0.2) is 53.5 Å². The van der Waals surface area contributed by atoms with Crippen LogP contribution in [0.1, 0.15) is 40.9 Å². The predicted molar refractivity (Wildman–Crippen MR) is 138 cm³/mol. The molecule has 0 spiro atoms. The molecule has 0 aliphatic carbocycles. The summed E-state index contributed by atoms with van der Waals surface area (Å²) in [6, 6.07) is 14.8. The van der Waals surface area contributed by atoms with Gasteiger partial charge in [-0.3, -0.25) is 4.79 Å². The summed E-state index contributed by atoms with van der Waals surface area (Å²) >= 11 is 0. The normalized spacial score (nSPS) is 12.4. The molecule has 1 aliphatic heterocycles. The topological polar surface area (TPSA) is 128 Å². The van der Waals surface area contributed by atoms with Gasteiger partial charge >= 0.3 is 6.09 Å². The Hall–Kier alpha value is -4.77. The van der Waals surface area contributed by atoms with Crippen LogP contribution in [0, 0.1) is 17.9 Å². The summed E-state index contributed by atoms with van der Waals surface area (Å²) < 4.78 is 17.1. The van der Waals surface area contributed by atoms with Crippen molar-refractivity contribution in [1.82, 2.24) is 4.57 Å². The molecule has 0 radical (unpaired) electrons. The number of benzene rings is 2. The van der Waals surface area contributed by atoms with Crippen molar-refractivity contribution in [2.45, 2.75) is 19.4 Å². The van der Waals surface area contributed by atoms with Gasteiger partial charge < -0.3 is 19.3 Å². The van der Waals surface area contributed by atoms with Crippen molar-refractivity contribution >= 4 is 23.4 Å². The number of ether oxygens (including phenoxy) is 3. The summed E-state index contributed by atoms with van der Waals surface area (Å²) in [6.07, 6.45) is -0.948. The highest BCUT2D eigenvalue weighted by atomic mass is 16.6.